The van der Waals surface area contributed by atoms with Crippen molar-refractivity contribution in [3.63, 3.8) is 0 Å². The Morgan fingerprint density at radius 3 is 2.46 bits per heavy atom. The van der Waals surface area contributed by atoms with Crippen LogP contribution >= 0.6 is 23.4 Å². The monoisotopic (exact) mass is 419 g/mol. The van der Waals surface area contributed by atoms with E-state index in [0.29, 0.717) is 36.2 Å². The maximum atomic E-state index is 12.8. The number of benzene rings is 2. The number of thioether (sulfide) groups is 1. The molecule has 0 saturated carbocycles. The summed E-state index contributed by atoms with van der Waals surface area (Å²) in [5.41, 5.74) is 1.68. The number of carbonyl (C=O) groups excluding carboxylic acids is 2. The van der Waals surface area contributed by atoms with E-state index >= 15 is 0 Å². The molecule has 2 aromatic rings. The Morgan fingerprint density at radius 2 is 1.75 bits per heavy atom. The minimum absolute atomic E-state index is 0.189. The molecular weight excluding hydrogens is 398 g/mol. The molecule has 0 spiro atoms. The number of rotatable bonds is 8. The summed E-state index contributed by atoms with van der Waals surface area (Å²) in [6.45, 7) is 5.07. The summed E-state index contributed by atoms with van der Waals surface area (Å²) in [5.74, 6) is 1.13. The smallest absolute Gasteiger partial charge is 0.289 e. The molecule has 0 bridgehead atoms. The minimum Gasteiger partial charge on any atom is -0.490 e. The van der Waals surface area contributed by atoms with E-state index in [4.69, 9.17) is 21.1 Å². The summed E-state index contributed by atoms with van der Waals surface area (Å²) in [7, 11) is 0. The van der Waals surface area contributed by atoms with Gasteiger partial charge in [-0.15, -0.1) is 0 Å². The van der Waals surface area contributed by atoms with Crippen molar-refractivity contribution < 1.29 is 19.1 Å². The van der Waals surface area contributed by atoms with Crippen molar-refractivity contribution in [2.24, 2.45) is 0 Å². The molecule has 1 fully saturated rings. The lowest BCUT2D eigenvalue weighted by Crippen LogP contribution is -2.31. The maximum Gasteiger partial charge on any atom is 0.289 e. The molecule has 1 aliphatic rings. The molecule has 1 atom stereocenters. The van der Waals surface area contributed by atoms with Gasteiger partial charge in [-0.2, -0.15) is 0 Å². The third-order valence-corrected chi connectivity index (χ3v) is 5.76. The minimum atomic E-state index is -0.456. The quantitative estimate of drug-likeness (QED) is 0.606. The molecule has 3 rings (SSSR count). The molecule has 0 N–H and O–H groups in total. The Kier molecular flexibility index (Phi) is 6.86. The number of amides is 2. The van der Waals surface area contributed by atoms with Gasteiger partial charge in [0.15, 0.2) is 11.5 Å². The lowest BCUT2D eigenvalue weighted by atomic mass is 10.1. The van der Waals surface area contributed by atoms with Crippen molar-refractivity contribution in [2.75, 3.05) is 13.2 Å². The number of nitrogens with zero attached hydrogens (tertiary/aromatic N) is 1. The maximum absolute atomic E-state index is 12.8. The van der Waals surface area contributed by atoms with Crippen LogP contribution in [0.3, 0.4) is 0 Å². The molecule has 0 radical (unpaired) electrons. The van der Waals surface area contributed by atoms with Crippen molar-refractivity contribution in [1.29, 1.82) is 0 Å². The fourth-order valence-electron chi connectivity index (χ4n) is 3.00. The molecule has 0 aromatic heterocycles. The van der Waals surface area contributed by atoms with Gasteiger partial charge >= 0.3 is 0 Å². The number of halogens is 1. The Balaban J connectivity index is 1.73. The van der Waals surface area contributed by atoms with Crippen LogP contribution in [0.2, 0.25) is 5.02 Å². The Hall–Kier alpha value is -2.18. The van der Waals surface area contributed by atoms with Crippen LogP contribution < -0.4 is 9.47 Å². The van der Waals surface area contributed by atoms with E-state index in [1.807, 2.05) is 50.2 Å². The van der Waals surface area contributed by atoms with Crippen molar-refractivity contribution >= 4 is 34.5 Å². The SMILES string of the molecule is CCOc1ccc(C[C@H]2SC(=O)N(Cc3ccccc3Cl)C2=O)cc1OCC. The summed E-state index contributed by atoms with van der Waals surface area (Å²) in [6.07, 6.45) is 0.445. The predicted octanol–water partition coefficient (Wildman–Crippen LogP) is 4.94. The molecule has 2 aromatic carbocycles. The molecule has 1 saturated heterocycles. The van der Waals surface area contributed by atoms with E-state index in [-0.39, 0.29) is 17.7 Å². The average molecular weight is 420 g/mol. The van der Waals surface area contributed by atoms with Crippen LogP contribution in [0.5, 0.6) is 11.5 Å². The Morgan fingerprint density at radius 1 is 1.04 bits per heavy atom. The number of hydrogen-bond donors (Lipinski definition) is 0. The molecular formula is C21H22ClNO4S. The van der Waals surface area contributed by atoms with E-state index in [1.165, 1.54) is 4.90 Å². The largest absolute Gasteiger partial charge is 0.490 e. The summed E-state index contributed by atoms with van der Waals surface area (Å²) in [5, 5.41) is -0.155. The zero-order chi connectivity index (χ0) is 20.1. The van der Waals surface area contributed by atoms with Gasteiger partial charge in [0.05, 0.1) is 25.0 Å². The van der Waals surface area contributed by atoms with Crippen LogP contribution in [0.15, 0.2) is 42.5 Å². The van der Waals surface area contributed by atoms with Crippen LogP contribution in [0, 0.1) is 0 Å². The van der Waals surface area contributed by atoms with E-state index < -0.39 is 5.25 Å². The molecule has 1 aliphatic heterocycles. The van der Waals surface area contributed by atoms with E-state index in [0.717, 1.165) is 22.9 Å². The highest BCUT2D eigenvalue weighted by molar-refractivity contribution is 8.15. The Bertz CT molecular complexity index is 873. The van der Waals surface area contributed by atoms with Gasteiger partial charge in [-0.1, -0.05) is 47.6 Å². The lowest BCUT2D eigenvalue weighted by Gasteiger charge is -2.15. The highest BCUT2D eigenvalue weighted by atomic mass is 35.5. The summed E-state index contributed by atoms with van der Waals surface area (Å²) in [4.78, 5) is 26.5. The fraction of sp³-hybridized carbons (Fsp3) is 0.333. The second kappa shape index (κ2) is 9.34. The van der Waals surface area contributed by atoms with Crippen molar-refractivity contribution in [1.82, 2.24) is 4.90 Å². The van der Waals surface area contributed by atoms with Gasteiger partial charge in [0.2, 0.25) is 5.91 Å². The second-order valence-corrected chi connectivity index (χ2v) is 7.80. The molecule has 0 unspecified atom stereocenters. The highest BCUT2D eigenvalue weighted by Crippen LogP contribution is 2.34. The normalized spacial score (nSPS) is 16.5. The highest BCUT2D eigenvalue weighted by Gasteiger charge is 2.39. The van der Waals surface area contributed by atoms with Crippen LogP contribution in [0.25, 0.3) is 0 Å². The van der Waals surface area contributed by atoms with Crippen molar-refractivity contribution in [3.8, 4) is 11.5 Å². The zero-order valence-corrected chi connectivity index (χ0v) is 17.4. The molecule has 1 heterocycles. The first kappa shape index (κ1) is 20.6. The van der Waals surface area contributed by atoms with Gasteiger partial charge in [0, 0.05) is 5.02 Å². The van der Waals surface area contributed by atoms with Gasteiger partial charge < -0.3 is 9.47 Å². The number of imide groups is 1. The summed E-state index contributed by atoms with van der Waals surface area (Å²) in [6, 6.07) is 12.9. The summed E-state index contributed by atoms with van der Waals surface area (Å²) >= 11 is 7.23. The molecule has 7 heteroatoms. The third-order valence-electron chi connectivity index (χ3n) is 4.32. The van der Waals surface area contributed by atoms with Gasteiger partial charge in [-0.05, 0) is 49.6 Å². The molecule has 148 valence electrons. The molecule has 5 nitrogen and oxygen atoms in total. The number of hydrogen-bond acceptors (Lipinski definition) is 5. The van der Waals surface area contributed by atoms with E-state index in [1.54, 1.807) is 6.07 Å². The number of carbonyl (C=O) groups is 2. The fourth-order valence-corrected chi connectivity index (χ4v) is 4.23. The molecule has 2 amide bonds. The Labute approximate surface area is 174 Å². The van der Waals surface area contributed by atoms with Gasteiger partial charge in [-0.3, -0.25) is 14.5 Å². The first-order valence-corrected chi connectivity index (χ1v) is 10.4. The van der Waals surface area contributed by atoms with Crippen molar-refractivity contribution in [3.05, 3.63) is 58.6 Å². The second-order valence-electron chi connectivity index (χ2n) is 6.24. The first-order valence-electron chi connectivity index (χ1n) is 9.17. The number of ether oxygens (including phenoxy) is 2. The standard InChI is InChI=1S/C21H22ClNO4S/c1-3-26-17-10-9-14(11-18(17)27-4-2)12-19-20(24)23(21(25)28-19)13-15-7-5-6-8-16(15)22/h5-11,19H,3-4,12-13H2,1-2H3/t19-/m1/s1. The third kappa shape index (κ3) is 4.62. The zero-order valence-electron chi connectivity index (χ0n) is 15.8. The average Bonchev–Trinajstić information content (AvgIpc) is 2.93. The van der Waals surface area contributed by atoms with Crippen molar-refractivity contribution in [2.45, 2.75) is 32.1 Å². The lowest BCUT2D eigenvalue weighted by molar-refractivity contribution is -0.127. The van der Waals surface area contributed by atoms with Gasteiger partial charge in [0.1, 0.15) is 0 Å². The van der Waals surface area contributed by atoms with Gasteiger partial charge in [0.25, 0.3) is 5.24 Å². The van der Waals surface area contributed by atoms with Crippen LogP contribution in [-0.2, 0) is 17.8 Å². The van der Waals surface area contributed by atoms with E-state index in [9.17, 15) is 9.59 Å². The van der Waals surface area contributed by atoms with Crippen LogP contribution in [-0.4, -0.2) is 34.5 Å². The molecule has 0 aliphatic carbocycles. The first-order chi connectivity index (χ1) is 13.5. The van der Waals surface area contributed by atoms with E-state index in [2.05, 4.69) is 0 Å². The predicted molar refractivity (Wildman–Crippen MR) is 111 cm³/mol. The van der Waals surface area contributed by atoms with Crippen LogP contribution in [0.1, 0.15) is 25.0 Å². The summed E-state index contributed by atoms with van der Waals surface area (Å²) < 4.78 is 11.2. The van der Waals surface area contributed by atoms with Crippen LogP contribution in [0.4, 0.5) is 4.79 Å². The molecule has 28 heavy (non-hydrogen) atoms. The topological polar surface area (TPSA) is 55.8 Å². The van der Waals surface area contributed by atoms with Gasteiger partial charge in [-0.25, -0.2) is 0 Å².